The molecule has 0 saturated carbocycles. The molecule has 0 unspecified atom stereocenters. The minimum atomic E-state index is -0.0674. The van der Waals surface area contributed by atoms with Gasteiger partial charge in [-0.05, 0) is 18.9 Å². The zero-order valence-corrected chi connectivity index (χ0v) is 14.7. The van der Waals surface area contributed by atoms with E-state index in [2.05, 4.69) is 20.4 Å². The van der Waals surface area contributed by atoms with E-state index in [1.807, 2.05) is 18.0 Å². The number of aryl methyl sites for hydroxylation is 2. The van der Waals surface area contributed by atoms with Gasteiger partial charge in [-0.2, -0.15) is 5.10 Å². The smallest absolute Gasteiger partial charge is 0.222 e. The summed E-state index contributed by atoms with van der Waals surface area (Å²) in [5.74, 6) is 1.23. The second-order valence-electron chi connectivity index (χ2n) is 6.47. The van der Waals surface area contributed by atoms with Gasteiger partial charge < -0.3 is 15.2 Å². The molecule has 0 spiro atoms. The van der Waals surface area contributed by atoms with Crippen LogP contribution in [0.25, 0.3) is 0 Å². The second-order valence-corrected chi connectivity index (χ2v) is 6.47. The molecule has 8 nitrogen and oxygen atoms in total. The molecule has 0 bridgehead atoms. The van der Waals surface area contributed by atoms with Crippen molar-refractivity contribution in [2.45, 2.75) is 38.6 Å². The molecule has 134 valence electrons. The van der Waals surface area contributed by atoms with Crippen molar-refractivity contribution in [1.29, 1.82) is 0 Å². The molecule has 3 heterocycles. The number of amides is 2. The largest absolute Gasteiger partial charge is 0.351 e. The molecule has 8 heteroatoms. The predicted octanol–water partition coefficient (Wildman–Crippen LogP) is 0.728. The Morgan fingerprint density at radius 2 is 2.28 bits per heavy atom. The van der Waals surface area contributed by atoms with E-state index in [-0.39, 0.29) is 17.7 Å². The van der Waals surface area contributed by atoms with Crippen molar-refractivity contribution in [3.05, 3.63) is 35.7 Å². The van der Waals surface area contributed by atoms with E-state index >= 15 is 0 Å². The van der Waals surface area contributed by atoms with Crippen molar-refractivity contribution in [2.75, 3.05) is 13.1 Å². The normalized spacial score (nSPS) is 17.0. The molecule has 2 aromatic heterocycles. The number of carbonyl (C=O) groups excluding carboxylic acids is 2. The highest BCUT2D eigenvalue weighted by Gasteiger charge is 2.28. The minimum absolute atomic E-state index is 0.0674. The Morgan fingerprint density at radius 1 is 1.44 bits per heavy atom. The lowest BCUT2D eigenvalue weighted by Gasteiger charge is -2.16. The highest BCUT2D eigenvalue weighted by Crippen LogP contribution is 2.25. The third-order valence-corrected chi connectivity index (χ3v) is 4.62. The number of carbonyl (C=O) groups is 2. The molecular weight excluding hydrogens is 320 g/mol. The Bertz CT molecular complexity index is 750. The maximum absolute atomic E-state index is 12.4. The van der Waals surface area contributed by atoms with Crippen LogP contribution >= 0.6 is 0 Å². The molecule has 1 aliphatic rings. The minimum Gasteiger partial charge on any atom is -0.351 e. The first kappa shape index (κ1) is 17.2. The van der Waals surface area contributed by atoms with Gasteiger partial charge in [0.1, 0.15) is 5.82 Å². The fraction of sp³-hybridized carbons (Fsp3) is 0.529. The Balaban J connectivity index is 1.50. The molecule has 2 aromatic rings. The Hall–Kier alpha value is -2.64. The molecule has 1 fully saturated rings. The fourth-order valence-electron chi connectivity index (χ4n) is 3.14. The molecule has 0 aliphatic carbocycles. The zero-order valence-electron chi connectivity index (χ0n) is 14.7. The third-order valence-electron chi connectivity index (χ3n) is 4.62. The fourth-order valence-corrected chi connectivity index (χ4v) is 3.14. The van der Waals surface area contributed by atoms with Crippen molar-refractivity contribution in [1.82, 2.24) is 30.0 Å². The van der Waals surface area contributed by atoms with Crippen LogP contribution in [0.3, 0.4) is 0 Å². The van der Waals surface area contributed by atoms with Gasteiger partial charge in [0.05, 0.1) is 18.4 Å². The number of likely N-dealkylation sites (tertiary alicyclic amines) is 1. The predicted molar refractivity (Wildman–Crippen MR) is 91.6 cm³/mol. The van der Waals surface area contributed by atoms with Gasteiger partial charge in [0.25, 0.3) is 0 Å². The van der Waals surface area contributed by atoms with Crippen LogP contribution in [-0.4, -0.2) is 49.6 Å². The number of aromatic nitrogens is 4. The maximum Gasteiger partial charge on any atom is 0.222 e. The molecule has 1 saturated heterocycles. The SMILES string of the molecule is CC(=O)NCc1cnc([C@H]2CCN(C(=O)CCc3ccnn3C)C2)[nH]1. The first-order valence-corrected chi connectivity index (χ1v) is 8.56. The second kappa shape index (κ2) is 7.50. The lowest BCUT2D eigenvalue weighted by atomic mass is 10.1. The number of hydrogen-bond donors (Lipinski definition) is 2. The zero-order chi connectivity index (χ0) is 17.8. The molecule has 2 amide bonds. The first-order valence-electron chi connectivity index (χ1n) is 8.56. The van der Waals surface area contributed by atoms with Crippen molar-refractivity contribution in [2.24, 2.45) is 7.05 Å². The van der Waals surface area contributed by atoms with E-state index in [0.717, 1.165) is 30.2 Å². The molecule has 1 aliphatic heterocycles. The lowest BCUT2D eigenvalue weighted by molar-refractivity contribution is -0.130. The van der Waals surface area contributed by atoms with E-state index in [1.165, 1.54) is 6.92 Å². The highest BCUT2D eigenvalue weighted by atomic mass is 16.2. The van der Waals surface area contributed by atoms with Gasteiger partial charge in [-0.1, -0.05) is 0 Å². The van der Waals surface area contributed by atoms with Crippen LogP contribution in [-0.2, 0) is 29.6 Å². The number of nitrogens with one attached hydrogen (secondary N) is 2. The topological polar surface area (TPSA) is 95.9 Å². The number of aromatic amines is 1. The summed E-state index contributed by atoms with van der Waals surface area (Å²) >= 11 is 0. The molecule has 2 N–H and O–H groups in total. The van der Waals surface area contributed by atoms with E-state index in [4.69, 9.17) is 0 Å². The summed E-state index contributed by atoms with van der Waals surface area (Å²) in [4.78, 5) is 33.0. The molecule has 1 atom stereocenters. The average molecular weight is 344 g/mol. The summed E-state index contributed by atoms with van der Waals surface area (Å²) in [6.45, 7) is 3.39. The van der Waals surface area contributed by atoms with Crippen LogP contribution in [0.5, 0.6) is 0 Å². The molecule has 0 aromatic carbocycles. The summed E-state index contributed by atoms with van der Waals surface area (Å²) < 4.78 is 1.81. The average Bonchev–Trinajstić information content (AvgIpc) is 3.31. The molecule has 3 rings (SSSR count). The number of hydrogen-bond acceptors (Lipinski definition) is 4. The van der Waals surface area contributed by atoms with E-state index in [9.17, 15) is 9.59 Å². The van der Waals surface area contributed by atoms with Crippen molar-refractivity contribution in [3.8, 4) is 0 Å². The van der Waals surface area contributed by atoms with Crippen LogP contribution in [0, 0.1) is 0 Å². The first-order chi connectivity index (χ1) is 12.0. The van der Waals surface area contributed by atoms with Crippen LogP contribution in [0.2, 0.25) is 0 Å². The number of nitrogens with zero attached hydrogens (tertiary/aromatic N) is 4. The van der Waals surface area contributed by atoms with Gasteiger partial charge in [-0.3, -0.25) is 14.3 Å². The van der Waals surface area contributed by atoms with Crippen molar-refractivity contribution < 1.29 is 9.59 Å². The number of imidazole rings is 1. The maximum atomic E-state index is 12.4. The van der Waals surface area contributed by atoms with Gasteiger partial charge in [0.2, 0.25) is 11.8 Å². The molecule has 0 radical (unpaired) electrons. The van der Waals surface area contributed by atoms with Crippen molar-refractivity contribution in [3.63, 3.8) is 0 Å². The van der Waals surface area contributed by atoms with Crippen molar-refractivity contribution >= 4 is 11.8 Å². The quantitative estimate of drug-likeness (QED) is 0.807. The van der Waals surface area contributed by atoms with Gasteiger partial charge in [0, 0.05) is 51.3 Å². The van der Waals surface area contributed by atoms with E-state index in [0.29, 0.717) is 25.9 Å². The summed E-state index contributed by atoms with van der Waals surface area (Å²) in [5, 5.41) is 6.87. The highest BCUT2D eigenvalue weighted by molar-refractivity contribution is 5.76. The lowest BCUT2D eigenvalue weighted by Crippen LogP contribution is -2.28. The van der Waals surface area contributed by atoms with Gasteiger partial charge in [-0.25, -0.2) is 4.98 Å². The van der Waals surface area contributed by atoms with Crippen LogP contribution in [0.1, 0.15) is 42.9 Å². The van der Waals surface area contributed by atoms with Gasteiger partial charge >= 0.3 is 0 Å². The monoisotopic (exact) mass is 344 g/mol. The van der Waals surface area contributed by atoms with Gasteiger partial charge in [0.15, 0.2) is 0 Å². The Labute approximate surface area is 146 Å². The van der Waals surface area contributed by atoms with Crippen LogP contribution in [0.4, 0.5) is 0 Å². The number of rotatable bonds is 6. The number of H-pyrrole nitrogens is 1. The molecule has 25 heavy (non-hydrogen) atoms. The summed E-state index contributed by atoms with van der Waals surface area (Å²) in [6.07, 6.45) is 5.61. The third kappa shape index (κ3) is 4.26. The van der Waals surface area contributed by atoms with E-state index in [1.54, 1.807) is 17.1 Å². The van der Waals surface area contributed by atoms with Gasteiger partial charge in [-0.15, -0.1) is 0 Å². The summed E-state index contributed by atoms with van der Waals surface area (Å²) in [6, 6.07) is 1.94. The summed E-state index contributed by atoms with van der Waals surface area (Å²) in [7, 11) is 1.89. The van der Waals surface area contributed by atoms with Crippen LogP contribution < -0.4 is 5.32 Å². The Morgan fingerprint density at radius 3 is 3.00 bits per heavy atom. The molecular formula is C17H24N6O2. The van der Waals surface area contributed by atoms with Crippen LogP contribution in [0.15, 0.2) is 18.5 Å². The van der Waals surface area contributed by atoms with E-state index < -0.39 is 0 Å². The Kier molecular flexibility index (Phi) is 5.16. The standard InChI is InChI=1S/C17H24N6O2/c1-12(24)18-9-14-10-19-17(21-14)13-6-8-23(11-13)16(25)4-3-15-5-7-20-22(15)2/h5,7,10,13H,3-4,6,8-9,11H2,1-2H3,(H,18,24)(H,19,21)/t13-/m0/s1. The summed E-state index contributed by atoms with van der Waals surface area (Å²) in [5.41, 5.74) is 1.95.